The number of alkyl halides is 2. The van der Waals surface area contributed by atoms with Crippen molar-refractivity contribution >= 4 is 26.7 Å². The van der Waals surface area contributed by atoms with Gasteiger partial charge in [0.2, 0.25) is 0 Å². The van der Waals surface area contributed by atoms with Crippen LogP contribution in [0.4, 0.5) is 19.0 Å². The van der Waals surface area contributed by atoms with Crippen LogP contribution in [0.5, 0.6) is 0 Å². The highest BCUT2D eigenvalue weighted by atomic mass is 32.2. The van der Waals surface area contributed by atoms with Gasteiger partial charge in [-0.1, -0.05) is 31.0 Å². The van der Waals surface area contributed by atoms with Crippen LogP contribution in [0.2, 0.25) is 0 Å². The zero-order valence-corrected chi connectivity index (χ0v) is 27.1. The van der Waals surface area contributed by atoms with Crippen LogP contribution in [0.3, 0.4) is 0 Å². The minimum atomic E-state index is -3.30. The van der Waals surface area contributed by atoms with Gasteiger partial charge >= 0.3 is 0 Å². The van der Waals surface area contributed by atoms with Crippen molar-refractivity contribution in [1.82, 2.24) is 14.5 Å². The van der Waals surface area contributed by atoms with Gasteiger partial charge < -0.3 is 10.1 Å². The SMILES string of the molecule is C[C@H]1Nc2ncnc3c2cc(C2CCS(=O)(=O)CC2)c(=O)n3CCCOCCCC2CCC(CC2)CC(F)(F)c2cccc1c2F. The molecule has 1 atom stereocenters. The summed E-state index contributed by atoms with van der Waals surface area (Å²) in [6.07, 6.45) is 7.30. The van der Waals surface area contributed by atoms with Crippen LogP contribution in [0.25, 0.3) is 11.0 Å². The van der Waals surface area contributed by atoms with Crippen LogP contribution >= 0.6 is 0 Å². The van der Waals surface area contributed by atoms with Crippen molar-refractivity contribution in [3.8, 4) is 0 Å². The number of nitrogens with one attached hydrogen (secondary N) is 1. The van der Waals surface area contributed by atoms with Gasteiger partial charge in [-0.25, -0.2) is 31.6 Å². The van der Waals surface area contributed by atoms with Crippen LogP contribution in [0, 0.1) is 17.7 Å². The molecule has 2 aromatic heterocycles. The molecular weight excluding hydrogens is 617 g/mol. The number of nitrogens with zero attached hydrogens (tertiary/aromatic N) is 3. The molecule has 1 saturated carbocycles. The van der Waals surface area contributed by atoms with Gasteiger partial charge in [0.25, 0.3) is 11.5 Å². The van der Waals surface area contributed by atoms with Crippen molar-refractivity contribution in [1.29, 1.82) is 0 Å². The number of aryl methyl sites for hydroxylation is 1. The van der Waals surface area contributed by atoms with Gasteiger partial charge in [0.05, 0.1) is 28.5 Å². The molecule has 1 saturated heterocycles. The lowest BCUT2D eigenvalue weighted by Gasteiger charge is -2.31. The van der Waals surface area contributed by atoms with E-state index in [1.165, 1.54) is 24.5 Å². The molecule has 3 aromatic rings. The fourth-order valence-corrected chi connectivity index (χ4v) is 9.06. The monoisotopic (exact) mass is 660 g/mol. The Morgan fingerprint density at radius 2 is 1.67 bits per heavy atom. The minimum Gasteiger partial charge on any atom is -0.381 e. The van der Waals surface area contributed by atoms with Crippen LogP contribution in [-0.2, 0) is 27.0 Å². The second-order valence-electron chi connectivity index (χ2n) is 13.4. The number of hydrogen-bond donors (Lipinski definition) is 1. The van der Waals surface area contributed by atoms with Gasteiger partial charge in [-0.05, 0) is 75.7 Å². The molecule has 4 aliphatic rings. The number of rotatable bonds is 1. The molecule has 12 heteroatoms. The zero-order chi connectivity index (χ0) is 32.5. The predicted octanol–water partition coefficient (Wildman–Crippen LogP) is 6.88. The molecule has 5 heterocycles. The van der Waals surface area contributed by atoms with E-state index in [1.807, 2.05) is 0 Å². The van der Waals surface area contributed by atoms with E-state index >= 15 is 13.2 Å². The summed E-state index contributed by atoms with van der Waals surface area (Å²) in [4.78, 5) is 22.8. The van der Waals surface area contributed by atoms with Crippen molar-refractivity contribution in [2.45, 2.75) is 95.6 Å². The van der Waals surface area contributed by atoms with Gasteiger partial charge in [0.1, 0.15) is 33.4 Å². The van der Waals surface area contributed by atoms with E-state index in [9.17, 15) is 13.2 Å². The van der Waals surface area contributed by atoms with E-state index in [-0.39, 0.29) is 40.9 Å². The summed E-state index contributed by atoms with van der Waals surface area (Å²) < 4.78 is 79.1. The molecule has 1 aliphatic carbocycles. The number of anilines is 1. The third-order valence-electron chi connectivity index (χ3n) is 10.2. The molecule has 2 fully saturated rings. The summed E-state index contributed by atoms with van der Waals surface area (Å²) in [5, 5.41) is 3.74. The van der Waals surface area contributed by atoms with E-state index < -0.39 is 33.2 Å². The second-order valence-corrected chi connectivity index (χ2v) is 15.7. The van der Waals surface area contributed by atoms with Gasteiger partial charge in [-0.3, -0.25) is 9.36 Å². The van der Waals surface area contributed by atoms with E-state index in [1.54, 1.807) is 17.6 Å². The standard InChI is InChI=1S/C34H43F3N4O4S/c1-22-26-6-2-7-29(30(26)35)34(36,37)20-24-10-8-23(9-11-24)5-3-15-45-16-4-14-41-32-28(31(40-22)38-21-39-32)19-27(33(41)42)25-12-17-46(43,44)18-13-25/h2,6-7,19,21-25H,3-5,8-18,20H2,1H3,(H,38,39,40)/t22-,23?,24?/m1/s1. The van der Waals surface area contributed by atoms with E-state index in [0.29, 0.717) is 67.4 Å². The third-order valence-corrected chi connectivity index (χ3v) is 11.9. The maximum absolute atomic E-state index is 15.9. The Morgan fingerprint density at radius 3 is 2.43 bits per heavy atom. The molecule has 0 amide bonds. The summed E-state index contributed by atoms with van der Waals surface area (Å²) in [6, 6.07) is 5.15. The number of ether oxygens (including phenoxy) is 1. The highest BCUT2D eigenvalue weighted by Crippen LogP contribution is 2.43. The molecule has 7 rings (SSSR count). The Kier molecular flexibility index (Phi) is 9.75. The molecule has 0 spiro atoms. The molecule has 250 valence electrons. The maximum atomic E-state index is 15.9. The topological polar surface area (TPSA) is 103 Å². The normalized spacial score (nSPS) is 26.2. The molecule has 1 N–H and O–H groups in total. The number of aromatic nitrogens is 3. The summed E-state index contributed by atoms with van der Waals surface area (Å²) in [5.74, 6) is -3.79. The first kappa shape index (κ1) is 32.9. The molecule has 0 radical (unpaired) electrons. The largest absolute Gasteiger partial charge is 0.381 e. The van der Waals surface area contributed by atoms with Crippen molar-refractivity contribution in [3.05, 3.63) is 63.5 Å². The number of pyridine rings is 1. The summed E-state index contributed by atoms with van der Waals surface area (Å²) in [5.41, 5.74) is 0.168. The van der Waals surface area contributed by atoms with Gasteiger partial charge in [-0.2, -0.15) is 0 Å². The molecule has 46 heavy (non-hydrogen) atoms. The first-order valence-electron chi connectivity index (χ1n) is 16.6. The zero-order valence-electron chi connectivity index (χ0n) is 26.3. The van der Waals surface area contributed by atoms with Crippen LogP contribution in [-0.4, -0.2) is 47.7 Å². The van der Waals surface area contributed by atoms with Crippen LogP contribution in [0.1, 0.15) is 99.8 Å². The Morgan fingerprint density at radius 1 is 0.957 bits per heavy atom. The Labute approximate surface area is 268 Å². The van der Waals surface area contributed by atoms with E-state index in [0.717, 1.165) is 38.5 Å². The molecule has 8 nitrogen and oxygen atoms in total. The van der Waals surface area contributed by atoms with Gasteiger partial charge in [-0.15, -0.1) is 0 Å². The van der Waals surface area contributed by atoms with Gasteiger partial charge in [0, 0.05) is 37.3 Å². The lowest BCUT2D eigenvalue weighted by molar-refractivity contribution is -0.0387. The molecule has 3 aliphatic heterocycles. The lowest BCUT2D eigenvalue weighted by atomic mass is 9.77. The number of hydrogen-bond acceptors (Lipinski definition) is 7. The fraction of sp³-hybridized carbons (Fsp3) is 0.618. The summed E-state index contributed by atoms with van der Waals surface area (Å²) in [6.45, 7) is 3.09. The number of fused-ring (bicyclic) bond motifs is 10. The van der Waals surface area contributed by atoms with Crippen molar-refractivity contribution in [2.75, 3.05) is 30.0 Å². The van der Waals surface area contributed by atoms with E-state index in [4.69, 9.17) is 4.74 Å². The maximum Gasteiger partial charge on any atom is 0.276 e. The first-order valence-corrected chi connectivity index (χ1v) is 18.4. The highest BCUT2D eigenvalue weighted by molar-refractivity contribution is 7.91. The second kappa shape index (κ2) is 13.6. The Hall–Kier alpha value is -2.99. The minimum absolute atomic E-state index is 0.0122. The highest BCUT2D eigenvalue weighted by Gasteiger charge is 2.39. The summed E-state index contributed by atoms with van der Waals surface area (Å²) >= 11 is 0. The molecular formula is C34H43F3N4O4S. The van der Waals surface area contributed by atoms with Crippen LogP contribution < -0.4 is 10.9 Å². The van der Waals surface area contributed by atoms with Crippen molar-refractivity contribution < 1.29 is 26.3 Å². The quantitative estimate of drug-likeness (QED) is 0.304. The lowest BCUT2D eigenvalue weighted by Crippen LogP contribution is -2.31. The fourth-order valence-electron chi connectivity index (χ4n) is 7.57. The van der Waals surface area contributed by atoms with Gasteiger partial charge in [0.15, 0.2) is 0 Å². The Bertz CT molecular complexity index is 1710. The van der Waals surface area contributed by atoms with Crippen molar-refractivity contribution in [2.24, 2.45) is 11.8 Å². The Balaban J connectivity index is 1.39. The number of benzene rings is 1. The van der Waals surface area contributed by atoms with Crippen molar-refractivity contribution in [3.63, 3.8) is 0 Å². The average molecular weight is 661 g/mol. The third kappa shape index (κ3) is 7.12. The molecule has 0 unspecified atom stereocenters. The van der Waals surface area contributed by atoms with Crippen LogP contribution in [0.15, 0.2) is 35.4 Å². The summed E-state index contributed by atoms with van der Waals surface area (Å²) in [7, 11) is -3.14. The number of sulfone groups is 1. The molecule has 1 aromatic carbocycles. The first-order chi connectivity index (χ1) is 22.0. The average Bonchev–Trinajstić information content (AvgIpc) is 3.02. The molecule has 8 bridgehead atoms. The smallest absolute Gasteiger partial charge is 0.276 e. The van der Waals surface area contributed by atoms with E-state index in [2.05, 4.69) is 15.3 Å². The number of halogens is 3. The predicted molar refractivity (Wildman–Crippen MR) is 171 cm³/mol.